The standard InChI is InChI=1S/C16H26OS/c1-15(2,3)9-7-14(16(4,5)6)11-13(12-18)8-10-17/h7-8,11,18H,9,12H2,1-6H3/b13-11+,14-7+. The van der Waals surface area contributed by atoms with Crippen LogP contribution in [0.4, 0.5) is 0 Å². The van der Waals surface area contributed by atoms with Gasteiger partial charge < -0.3 is 0 Å². The summed E-state index contributed by atoms with van der Waals surface area (Å²) < 4.78 is 0. The Balaban J connectivity index is 5.32. The van der Waals surface area contributed by atoms with Crippen LogP contribution in [-0.4, -0.2) is 11.7 Å². The van der Waals surface area contributed by atoms with E-state index in [-0.39, 0.29) is 10.8 Å². The smallest absolute Gasteiger partial charge is 0.124 e. The molecular formula is C16H26OS. The highest BCUT2D eigenvalue weighted by Crippen LogP contribution is 2.30. The number of rotatable bonds is 4. The molecule has 0 spiro atoms. The van der Waals surface area contributed by atoms with Gasteiger partial charge in [-0.3, -0.25) is 0 Å². The molecule has 0 saturated carbocycles. The van der Waals surface area contributed by atoms with Gasteiger partial charge in [-0.1, -0.05) is 53.7 Å². The summed E-state index contributed by atoms with van der Waals surface area (Å²) in [4.78, 5) is 10.4. The number of hydrogen-bond donors (Lipinski definition) is 1. The van der Waals surface area contributed by atoms with Crippen LogP contribution >= 0.6 is 12.6 Å². The molecule has 18 heavy (non-hydrogen) atoms. The molecule has 0 fully saturated rings. The molecule has 0 aromatic rings. The second kappa shape index (κ2) is 7.01. The summed E-state index contributed by atoms with van der Waals surface area (Å²) in [5.41, 5.74) is 2.48. The van der Waals surface area contributed by atoms with Crippen molar-refractivity contribution in [1.29, 1.82) is 0 Å². The molecule has 0 heterocycles. The molecule has 0 radical (unpaired) electrons. The van der Waals surface area contributed by atoms with E-state index in [0.29, 0.717) is 5.75 Å². The van der Waals surface area contributed by atoms with Gasteiger partial charge in [0.1, 0.15) is 5.94 Å². The summed E-state index contributed by atoms with van der Waals surface area (Å²) in [5, 5.41) is 0. The lowest BCUT2D eigenvalue weighted by atomic mass is 9.82. The molecule has 0 N–H and O–H groups in total. The van der Waals surface area contributed by atoms with Gasteiger partial charge in [-0.25, -0.2) is 4.79 Å². The highest BCUT2D eigenvalue weighted by molar-refractivity contribution is 7.80. The maximum absolute atomic E-state index is 10.4. The van der Waals surface area contributed by atoms with E-state index in [9.17, 15) is 4.79 Å². The molecule has 102 valence electrons. The minimum atomic E-state index is 0.0656. The van der Waals surface area contributed by atoms with Crippen molar-refractivity contribution in [3.8, 4) is 0 Å². The van der Waals surface area contributed by atoms with E-state index in [2.05, 4.69) is 66.3 Å². The van der Waals surface area contributed by atoms with Gasteiger partial charge in [-0.05, 0) is 28.4 Å². The van der Waals surface area contributed by atoms with Crippen LogP contribution < -0.4 is 0 Å². The van der Waals surface area contributed by atoms with E-state index in [0.717, 1.165) is 12.0 Å². The van der Waals surface area contributed by atoms with Crippen molar-refractivity contribution in [1.82, 2.24) is 0 Å². The van der Waals surface area contributed by atoms with Gasteiger partial charge in [0.05, 0.1) is 0 Å². The Morgan fingerprint density at radius 1 is 1.17 bits per heavy atom. The van der Waals surface area contributed by atoms with E-state index >= 15 is 0 Å². The summed E-state index contributed by atoms with van der Waals surface area (Å²) in [6.07, 6.45) is 6.80. The summed E-state index contributed by atoms with van der Waals surface area (Å²) >= 11 is 4.24. The van der Waals surface area contributed by atoms with Crippen molar-refractivity contribution >= 4 is 18.6 Å². The van der Waals surface area contributed by atoms with Gasteiger partial charge in [0, 0.05) is 11.8 Å². The fourth-order valence-corrected chi connectivity index (χ4v) is 1.59. The van der Waals surface area contributed by atoms with Crippen molar-refractivity contribution in [3.05, 3.63) is 29.4 Å². The van der Waals surface area contributed by atoms with Crippen LogP contribution in [0.5, 0.6) is 0 Å². The highest BCUT2D eigenvalue weighted by Gasteiger charge is 2.17. The normalized spacial score (nSPS) is 14.4. The van der Waals surface area contributed by atoms with Gasteiger partial charge >= 0.3 is 0 Å². The molecule has 0 rings (SSSR count). The number of hydrogen-bond acceptors (Lipinski definition) is 2. The van der Waals surface area contributed by atoms with Crippen LogP contribution in [0.1, 0.15) is 48.0 Å². The number of carbonyl (C=O) groups excluding carboxylic acids is 1. The van der Waals surface area contributed by atoms with E-state index in [1.807, 2.05) is 5.94 Å². The Morgan fingerprint density at radius 2 is 1.72 bits per heavy atom. The maximum atomic E-state index is 10.4. The Kier molecular flexibility index (Phi) is 6.73. The lowest BCUT2D eigenvalue weighted by Gasteiger charge is -2.23. The molecule has 0 unspecified atom stereocenters. The molecular weight excluding hydrogens is 240 g/mol. The maximum Gasteiger partial charge on any atom is 0.124 e. The topological polar surface area (TPSA) is 17.1 Å². The monoisotopic (exact) mass is 266 g/mol. The first kappa shape index (κ1) is 17.3. The van der Waals surface area contributed by atoms with Crippen LogP contribution in [0.15, 0.2) is 29.4 Å². The summed E-state index contributed by atoms with van der Waals surface area (Å²) in [6.45, 7) is 13.2. The van der Waals surface area contributed by atoms with Crippen LogP contribution in [-0.2, 0) is 4.79 Å². The van der Waals surface area contributed by atoms with Crippen LogP contribution in [0, 0.1) is 10.8 Å². The van der Waals surface area contributed by atoms with E-state index in [4.69, 9.17) is 0 Å². The Hall–Kier alpha value is -0.720. The van der Waals surface area contributed by atoms with Crippen molar-refractivity contribution < 1.29 is 4.79 Å². The first-order chi connectivity index (χ1) is 8.10. The molecule has 0 aliphatic carbocycles. The highest BCUT2D eigenvalue weighted by atomic mass is 32.1. The quantitative estimate of drug-likeness (QED) is 0.445. The Morgan fingerprint density at radius 3 is 2.06 bits per heavy atom. The molecule has 1 nitrogen and oxygen atoms in total. The van der Waals surface area contributed by atoms with Crippen molar-refractivity contribution in [2.24, 2.45) is 10.8 Å². The third kappa shape index (κ3) is 7.58. The van der Waals surface area contributed by atoms with Gasteiger partial charge in [-0.2, -0.15) is 12.6 Å². The zero-order valence-corrected chi connectivity index (χ0v) is 13.4. The third-order valence-corrected chi connectivity index (χ3v) is 2.93. The molecule has 0 aromatic heterocycles. The number of thiol groups is 1. The van der Waals surface area contributed by atoms with Crippen LogP contribution in [0.3, 0.4) is 0 Å². The average Bonchev–Trinajstić information content (AvgIpc) is 2.19. The predicted octanol–water partition coefficient (Wildman–Crippen LogP) is 4.64. The van der Waals surface area contributed by atoms with Crippen molar-refractivity contribution in [3.63, 3.8) is 0 Å². The average molecular weight is 266 g/mol. The first-order valence-corrected chi connectivity index (χ1v) is 6.96. The zero-order chi connectivity index (χ0) is 14.4. The predicted molar refractivity (Wildman–Crippen MR) is 83.8 cm³/mol. The SMILES string of the molecule is CC(C)(C)C/C=C(\C=C(/C=C=O)CS)C(C)(C)C. The lowest BCUT2D eigenvalue weighted by Crippen LogP contribution is -2.10. The first-order valence-electron chi connectivity index (χ1n) is 6.33. The molecule has 0 bridgehead atoms. The van der Waals surface area contributed by atoms with Gasteiger partial charge in [0.25, 0.3) is 0 Å². The summed E-state index contributed by atoms with van der Waals surface area (Å²) in [7, 11) is 0. The van der Waals surface area contributed by atoms with E-state index < -0.39 is 0 Å². The molecule has 0 aromatic carbocycles. The molecule has 0 aliphatic rings. The van der Waals surface area contributed by atoms with E-state index in [1.165, 1.54) is 11.6 Å². The van der Waals surface area contributed by atoms with Gasteiger partial charge in [0.2, 0.25) is 0 Å². The lowest BCUT2D eigenvalue weighted by molar-refractivity contribution is 0.414. The second-order valence-electron chi connectivity index (χ2n) is 6.81. The van der Waals surface area contributed by atoms with Crippen molar-refractivity contribution in [2.45, 2.75) is 48.0 Å². The molecule has 0 atom stereocenters. The van der Waals surface area contributed by atoms with E-state index in [1.54, 1.807) is 0 Å². The summed E-state index contributed by atoms with van der Waals surface area (Å²) in [5.74, 6) is 2.38. The third-order valence-electron chi connectivity index (χ3n) is 2.57. The second-order valence-corrected chi connectivity index (χ2v) is 7.13. The molecule has 0 aliphatic heterocycles. The van der Waals surface area contributed by atoms with Gasteiger partial charge in [-0.15, -0.1) is 0 Å². The largest absolute Gasteiger partial charge is 0.233 e. The molecule has 0 saturated heterocycles. The minimum absolute atomic E-state index is 0.0656. The summed E-state index contributed by atoms with van der Waals surface area (Å²) in [6, 6.07) is 0. The Labute approximate surface area is 117 Å². The zero-order valence-electron chi connectivity index (χ0n) is 12.5. The Bertz CT molecular complexity index is 369. The fraction of sp³-hybridized carbons (Fsp3) is 0.625. The van der Waals surface area contributed by atoms with Gasteiger partial charge in [0.15, 0.2) is 0 Å². The van der Waals surface area contributed by atoms with Crippen LogP contribution in [0.25, 0.3) is 0 Å². The number of allylic oxidation sites excluding steroid dienone is 4. The fourth-order valence-electron chi connectivity index (χ4n) is 1.41. The van der Waals surface area contributed by atoms with Crippen molar-refractivity contribution in [2.75, 3.05) is 5.75 Å². The molecule has 0 amide bonds. The minimum Gasteiger partial charge on any atom is -0.233 e. The van der Waals surface area contributed by atoms with Crippen LogP contribution in [0.2, 0.25) is 0 Å². The molecule has 2 heteroatoms.